The van der Waals surface area contributed by atoms with Crippen molar-refractivity contribution in [3.63, 3.8) is 0 Å². The molecule has 0 bridgehead atoms. The fourth-order valence-corrected chi connectivity index (χ4v) is 2.55. The number of aromatic nitrogens is 2. The van der Waals surface area contributed by atoms with E-state index < -0.39 is 5.60 Å². The Morgan fingerprint density at radius 3 is 2.67 bits per heavy atom. The summed E-state index contributed by atoms with van der Waals surface area (Å²) in [6.07, 6.45) is 5.14. The molecule has 2 N–H and O–H groups in total. The highest BCUT2D eigenvalue weighted by Crippen LogP contribution is 2.30. The largest absolute Gasteiger partial charge is 0.368 e. The van der Waals surface area contributed by atoms with Crippen molar-refractivity contribution < 1.29 is 9.26 Å². The number of hydrogen-bond acceptors (Lipinski definition) is 5. The first kappa shape index (κ1) is 13.5. The Hall–Kier alpha value is -0.940. The summed E-state index contributed by atoms with van der Waals surface area (Å²) in [4.78, 5) is 4.43. The van der Waals surface area contributed by atoms with Crippen LogP contribution in [0.5, 0.6) is 0 Å². The number of nitrogens with zero attached hydrogens (tertiary/aromatic N) is 2. The van der Waals surface area contributed by atoms with Crippen molar-refractivity contribution >= 4 is 0 Å². The normalized spacial score (nSPS) is 19.3. The minimum atomic E-state index is -0.506. The molecule has 1 aromatic rings. The van der Waals surface area contributed by atoms with Gasteiger partial charge in [0.25, 0.3) is 0 Å². The summed E-state index contributed by atoms with van der Waals surface area (Å²) in [6.45, 7) is 6.46. The lowest BCUT2D eigenvalue weighted by Crippen LogP contribution is -2.38. The Labute approximate surface area is 108 Å². The Bertz CT molecular complexity index is 395. The topological polar surface area (TPSA) is 74.2 Å². The quantitative estimate of drug-likeness (QED) is 0.870. The molecule has 1 fully saturated rings. The summed E-state index contributed by atoms with van der Waals surface area (Å²) >= 11 is 0. The third-order valence-electron chi connectivity index (χ3n) is 3.61. The van der Waals surface area contributed by atoms with Gasteiger partial charge in [0.05, 0.1) is 0 Å². The summed E-state index contributed by atoms with van der Waals surface area (Å²) in [5.41, 5.74) is 5.65. The number of rotatable bonds is 5. The van der Waals surface area contributed by atoms with Crippen molar-refractivity contribution in [2.75, 3.05) is 6.61 Å². The molecule has 1 heterocycles. The van der Waals surface area contributed by atoms with E-state index in [0.29, 0.717) is 24.7 Å². The molecule has 0 saturated heterocycles. The average molecular weight is 253 g/mol. The molecular formula is C13H23N3O2. The molecule has 0 radical (unpaired) electrons. The van der Waals surface area contributed by atoms with Gasteiger partial charge in [-0.15, -0.1) is 0 Å². The van der Waals surface area contributed by atoms with Gasteiger partial charge < -0.3 is 15.0 Å². The standard InChI is InChI=1S/C13H23N3O2/c1-4-17-12(2,3)11-15-10(18-16-11)9-13(14)7-5-6-8-13/h4-9,14H2,1-3H3. The summed E-state index contributed by atoms with van der Waals surface area (Å²) in [7, 11) is 0. The van der Waals surface area contributed by atoms with Crippen molar-refractivity contribution in [2.45, 2.75) is 64.0 Å². The van der Waals surface area contributed by atoms with Crippen LogP contribution in [0.4, 0.5) is 0 Å². The molecule has 5 nitrogen and oxygen atoms in total. The van der Waals surface area contributed by atoms with Crippen LogP contribution < -0.4 is 5.73 Å². The fraction of sp³-hybridized carbons (Fsp3) is 0.846. The summed E-state index contributed by atoms with van der Waals surface area (Å²) in [5, 5.41) is 4.01. The van der Waals surface area contributed by atoms with E-state index in [1.54, 1.807) is 0 Å². The molecule has 2 rings (SSSR count). The van der Waals surface area contributed by atoms with E-state index in [9.17, 15) is 0 Å². The summed E-state index contributed by atoms with van der Waals surface area (Å²) in [5.74, 6) is 1.23. The van der Waals surface area contributed by atoms with Gasteiger partial charge in [-0.1, -0.05) is 18.0 Å². The molecule has 0 spiro atoms. The summed E-state index contributed by atoms with van der Waals surface area (Å²) < 4.78 is 10.9. The average Bonchev–Trinajstić information content (AvgIpc) is 2.88. The van der Waals surface area contributed by atoms with Crippen molar-refractivity contribution in [1.29, 1.82) is 0 Å². The maximum atomic E-state index is 6.31. The maximum absolute atomic E-state index is 6.31. The van der Waals surface area contributed by atoms with Crippen LogP contribution in [-0.4, -0.2) is 22.3 Å². The summed E-state index contributed by atoms with van der Waals surface area (Å²) in [6, 6.07) is 0. The Morgan fingerprint density at radius 1 is 1.39 bits per heavy atom. The number of hydrogen-bond donors (Lipinski definition) is 1. The zero-order valence-electron chi connectivity index (χ0n) is 11.5. The van der Waals surface area contributed by atoms with Crippen LogP contribution in [0.1, 0.15) is 58.2 Å². The van der Waals surface area contributed by atoms with Crippen LogP contribution in [0.2, 0.25) is 0 Å². The molecule has 0 atom stereocenters. The van der Waals surface area contributed by atoms with Crippen LogP contribution >= 0.6 is 0 Å². The third kappa shape index (κ3) is 2.90. The monoisotopic (exact) mass is 253 g/mol. The molecule has 1 aromatic heterocycles. The highest BCUT2D eigenvalue weighted by Gasteiger charge is 2.33. The highest BCUT2D eigenvalue weighted by molar-refractivity contribution is 5.02. The molecule has 1 saturated carbocycles. The molecule has 102 valence electrons. The molecule has 0 aliphatic heterocycles. The maximum Gasteiger partial charge on any atom is 0.228 e. The first-order valence-electron chi connectivity index (χ1n) is 6.71. The lowest BCUT2D eigenvalue weighted by molar-refractivity contribution is -0.0221. The fourth-order valence-electron chi connectivity index (χ4n) is 2.55. The Morgan fingerprint density at radius 2 is 2.06 bits per heavy atom. The van der Waals surface area contributed by atoms with Crippen LogP contribution in [0.15, 0.2) is 4.52 Å². The first-order valence-corrected chi connectivity index (χ1v) is 6.71. The minimum absolute atomic E-state index is 0.153. The highest BCUT2D eigenvalue weighted by atomic mass is 16.5. The first-order chi connectivity index (χ1) is 8.45. The second-order valence-corrected chi connectivity index (χ2v) is 5.70. The van der Waals surface area contributed by atoms with Gasteiger partial charge in [0.1, 0.15) is 5.60 Å². The van der Waals surface area contributed by atoms with E-state index >= 15 is 0 Å². The Balaban J connectivity index is 2.06. The van der Waals surface area contributed by atoms with E-state index in [2.05, 4.69) is 10.1 Å². The molecule has 1 aliphatic carbocycles. The second kappa shape index (κ2) is 4.97. The molecule has 0 unspecified atom stereocenters. The van der Waals surface area contributed by atoms with E-state index in [1.807, 2.05) is 20.8 Å². The second-order valence-electron chi connectivity index (χ2n) is 5.70. The number of ether oxygens (including phenoxy) is 1. The van der Waals surface area contributed by atoms with Gasteiger partial charge in [-0.3, -0.25) is 0 Å². The van der Waals surface area contributed by atoms with Crippen molar-refractivity contribution in [1.82, 2.24) is 10.1 Å². The zero-order chi connectivity index (χ0) is 13.2. The lowest BCUT2D eigenvalue weighted by atomic mass is 9.95. The van der Waals surface area contributed by atoms with Gasteiger partial charge in [-0.05, 0) is 33.6 Å². The molecule has 5 heteroatoms. The lowest BCUT2D eigenvalue weighted by Gasteiger charge is -2.21. The van der Waals surface area contributed by atoms with Gasteiger partial charge in [-0.25, -0.2) is 0 Å². The van der Waals surface area contributed by atoms with Crippen molar-refractivity contribution in [2.24, 2.45) is 5.73 Å². The van der Waals surface area contributed by atoms with Crippen LogP contribution in [0.3, 0.4) is 0 Å². The molecule has 18 heavy (non-hydrogen) atoms. The van der Waals surface area contributed by atoms with E-state index in [0.717, 1.165) is 12.8 Å². The van der Waals surface area contributed by atoms with Crippen molar-refractivity contribution in [3.8, 4) is 0 Å². The van der Waals surface area contributed by atoms with Gasteiger partial charge in [-0.2, -0.15) is 4.98 Å². The molecule has 0 aromatic carbocycles. The predicted molar refractivity (Wildman–Crippen MR) is 68.0 cm³/mol. The number of nitrogens with two attached hydrogens (primary N) is 1. The van der Waals surface area contributed by atoms with E-state index in [1.165, 1.54) is 12.8 Å². The molecule has 1 aliphatic rings. The SMILES string of the molecule is CCOC(C)(C)c1noc(CC2(N)CCCC2)n1. The van der Waals surface area contributed by atoms with Gasteiger partial charge >= 0.3 is 0 Å². The van der Waals surface area contributed by atoms with Gasteiger partial charge in [0.15, 0.2) is 0 Å². The van der Waals surface area contributed by atoms with Gasteiger partial charge in [0.2, 0.25) is 11.7 Å². The van der Waals surface area contributed by atoms with E-state index in [4.69, 9.17) is 15.0 Å². The third-order valence-corrected chi connectivity index (χ3v) is 3.61. The molecular weight excluding hydrogens is 230 g/mol. The van der Waals surface area contributed by atoms with Crippen LogP contribution in [0, 0.1) is 0 Å². The van der Waals surface area contributed by atoms with Crippen molar-refractivity contribution in [3.05, 3.63) is 11.7 Å². The smallest absolute Gasteiger partial charge is 0.228 e. The van der Waals surface area contributed by atoms with Crippen LogP contribution in [0.25, 0.3) is 0 Å². The minimum Gasteiger partial charge on any atom is -0.368 e. The van der Waals surface area contributed by atoms with Gasteiger partial charge in [0, 0.05) is 18.6 Å². The van der Waals surface area contributed by atoms with Crippen LogP contribution in [-0.2, 0) is 16.8 Å². The Kier molecular flexibility index (Phi) is 3.73. The zero-order valence-corrected chi connectivity index (χ0v) is 11.5. The molecule has 0 amide bonds. The predicted octanol–water partition coefficient (Wildman–Crippen LogP) is 2.16. The van der Waals surface area contributed by atoms with E-state index in [-0.39, 0.29) is 5.54 Å².